The molecule has 7 nitrogen and oxygen atoms in total. The largest absolute Gasteiger partial charge is 0.471 e. The van der Waals surface area contributed by atoms with E-state index in [-0.39, 0.29) is 16.3 Å². The lowest BCUT2D eigenvalue weighted by molar-refractivity contribution is -0.539. The number of aliphatic imine (C=N–C) groups is 1. The molecule has 3 amide bonds. The number of nitroso groups, excluding NO2 is 1. The molecule has 0 radical (unpaired) electrons. The van der Waals surface area contributed by atoms with Gasteiger partial charge >= 0.3 is 23.8 Å². The molecule has 1 atom stereocenters. The number of allylic oxidation sites excluding steroid dienone is 1. The van der Waals surface area contributed by atoms with E-state index in [1.54, 1.807) is 10.7 Å². The molecule has 2 N–H and O–H groups in total. The fourth-order valence-electron chi connectivity index (χ4n) is 1.46. The quantitative estimate of drug-likeness (QED) is 0.676. The maximum atomic E-state index is 12.1. The van der Waals surface area contributed by atoms with Crippen LogP contribution in [-0.2, 0) is 4.79 Å². The van der Waals surface area contributed by atoms with Gasteiger partial charge in [0.15, 0.2) is 4.87 Å². The Bertz CT molecular complexity index is 562. The maximum Gasteiger partial charge on any atom is 0.471 e. The minimum Gasteiger partial charge on any atom is -0.338 e. The van der Waals surface area contributed by atoms with Crippen LogP contribution >= 0.6 is 0 Å². The van der Waals surface area contributed by atoms with Crippen molar-refractivity contribution in [1.29, 1.82) is 0 Å². The molecule has 0 aromatic carbocycles. The second-order valence-electron chi connectivity index (χ2n) is 3.62. The highest BCUT2D eigenvalue weighted by atomic mass is 19.4. The standard InChI is InChI=1S/C9H5F3N4O3/c10-9(11,12)7(17)13-4-1-2-5-6(3-4)16(19)15-8(18)14-5/h1-4H,(H-,13,15,17,18,19)/p+1. The number of alkyl halides is 3. The molecule has 2 rings (SSSR count). The SMILES string of the molecule is O=C1N=C2C=CC(NC(=O)C(F)(F)F)C=C2[N+](=O)N1. The molecular weight excluding hydrogens is 269 g/mol. The third-order valence-electron chi connectivity index (χ3n) is 2.25. The molecule has 19 heavy (non-hydrogen) atoms. The first-order valence-corrected chi connectivity index (χ1v) is 4.92. The summed E-state index contributed by atoms with van der Waals surface area (Å²) in [5.74, 6) is -2.13. The Kier molecular flexibility index (Phi) is 2.92. The van der Waals surface area contributed by atoms with Crippen molar-refractivity contribution in [3.8, 4) is 0 Å². The van der Waals surface area contributed by atoms with Crippen LogP contribution in [0.15, 0.2) is 28.9 Å². The van der Waals surface area contributed by atoms with Gasteiger partial charge in [-0.3, -0.25) is 4.79 Å². The number of rotatable bonds is 1. The van der Waals surface area contributed by atoms with Crippen LogP contribution < -0.4 is 10.7 Å². The third-order valence-corrected chi connectivity index (χ3v) is 2.25. The second kappa shape index (κ2) is 4.30. The van der Waals surface area contributed by atoms with Gasteiger partial charge in [0, 0.05) is 6.08 Å². The van der Waals surface area contributed by atoms with E-state index in [4.69, 9.17) is 0 Å². The van der Waals surface area contributed by atoms with Crippen LogP contribution in [0.1, 0.15) is 0 Å². The van der Waals surface area contributed by atoms with Gasteiger partial charge in [0.05, 0.1) is 10.9 Å². The van der Waals surface area contributed by atoms with Crippen molar-refractivity contribution in [2.45, 2.75) is 12.2 Å². The van der Waals surface area contributed by atoms with Crippen molar-refractivity contribution in [2.75, 3.05) is 0 Å². The molecule has 0 fully saturated rings. The summed E-state index contributed by atoms with van der Waals surface area (Å²) >= 11 is 0. The van der Waals surface area contributed by atoms with Gasteiger partial charge in [0.2, 0.25) is 0 Å². The molecule has 1 unspecified atom stereocenters. The van der Waals surface area contributed by atoms with E-state index in [9.17, 15) is 27.7 Å². The van der Waals surface area contributed by atoms with Crippen molar-refractivity contribution in [3.05, 3.63) is 28.8 Å². The van der Waals surface area contributed by atoms with Crippen LogP contribution in [0.5, 0.6) is 0 Å². The highest BCUT2D eigenvalue weighted by Crippen LogP contribution is 2.17. The average molecular weight is 275 g/mol. The number of halogens is 3. The van der Waals surface area contributed by atoms with Crippen molar-refractivity contribution in [1.82, 2.24) is 10.7 Å². The monoisotopic (exact) mass is 275 g/mol. The van der Waals surface area contributed by atoms with E-state index in [1.165, 1.54) is 12.2 Å². The first-order chi connectivity index (χ1) is 8.77. The van der Waals surface area contributed by atoms with Crippen molar-refractivity contribution in [2.24, 2.45) is 4.99 Å². The molecule has 0 saturated heterocycles. The Hall–Kier alpha value is -2.52. The first kappa shape index (κ1) is 12.9. The van der Waals surface area contributed by atoms with E-state index in [1.807, 2.05) is 0 Å². The van der Waals surface area contributed by atoms with Crippen molar-refractivity contribution >= 4 is 17.6 Å². The number of amides is 3. The number of hydrogen-bond acceptors (Lipinski definition) is 3. The van der Waals surface area contributed by atoms with Crippen LogP contribution in [0.3, 0.4) is 0 Å². The normalized spacial score (nSPS) is 22.2. The van der Waals surface area contributed by atoms with Gasteiger partial charge in [-0.05, 0) is 6.08 Å². The molecule has 1 aliphatic carbocycles. The van der Waals surface area contributed by atoms with E-state index in [0.717, 1.165) is 6.08 Å². The van der Waals surface area contributed by atoms with Gasteiger partial charge in [-0.1, -0.05) is 11.5 Å². The Morgan fingerprint density at radius 3 is 2.79 bits per heavy atom. The molecule has 2 aliphatic rings. The summed E-state index contributed by atoms with van der Waals surface area (Å²) in [6, 6.07) is -2.00. The number of carbonyl (C=O) groups is 2. The molecule has 10 heteroatoms. The number of hydrazine groups is 1. The molecule has 100 valence electrons. The Morgan fingerprint density at radius 2 is 2.16 bits per heavy atom. The van der Waals surface area contributed by atoms with Gasteiger partial charge < -0.3 is 5.32 Å². The number of nitrogens with one attached hydrogen (secondary N) is 2. The van der Waals surface area contributed by atoms with E-state index in [2.05, 4.69) is 4.99 Å². The first-order valence-electron chi connectivity index (χ1n) is 4.92. The van der Waals surface area contributed by atoms with E-state index >= 15 is 0 Å². The van der Waals surface area contributed by atoms with Crippen LogP contribution in [-0.4, -0.2) is 34.7 Å². The Labute approximate surface area is 103 Å². The number of carbonyl (C=O) groups excluding carboxylic acids is 2. The highest BCUT2D eigenvalue weighted by Gasteiger charge is 2.41. The Balaban J connectivity index is 2.19. The summed E-state index contributed by atoms with van der Waals surface area (Å²) in [5, 5.41) is 1.66. The topological polar surface area (TPSA) is 90.6 Å². The lowest BCUT2D eigenvalue weighted by Crippen LogP contribution is -2.45. The van der Waals surface area contributed by atoms with Crippen LogP contribution in [0.25, 0.3) is 0 Å². The molecule has 1 aliphatic heterocycles. The summed E-state index contributed by atoms with van der Waals surface area (Å²) < 4.78 is 36.2. The van der Waals surface area contributed by atoms with E-state index < -0.39 is 24.2 Å². The summed E-state index contributed by atoms with van der Waals surface area (Å²) in [5.41, 5.74) is 1.66. The van der Waals surface area contributed by atoms with E-state index in [0.29, 0.717) is 0 Å². The van der Waals surface area contributed by atoms with Crippen LogP contribution in [0.4, 0.5) is 18.0 Å². The number of urea groups is 1. The maximum absolute atomic E-state index is 12.1. The zero-order valence-electron chi connectivity index (χ0n) is 9.06. The van der Waals surface area contributed by atoms with Crippen molar-refractivity contribution < 1.29 is 27.6 Å². The minimum atomic E-state index is -5.02. The molecule has 1 heterocycles. The number of fused-ring (bicyclic) bond motifs is 1. The second-order valence-corrected chi connectivity index (χ2v) is 3.62. The number of nitrogens with zero attached hydrogens (tertiary/aromatic N) is 2. The molecule has 0 aromatic heterocycles. The molecule has 0 aromatic rings. The minimum absolute atomic E-state index is 0.0104. The molecular formula is C9H6F3N4O3+. The lowest BCUT2D eigenvalue weighted by Gasteiger charge is -2.16. The predicted molar refractivity (Wildman–Crippen MR) is 54.8 cm³/mol. The summed E-state index contributed by atoms with van der Waals surface area (Å²) in [6.45, 7) is 0. The average Bonchev–Trinajstić information content (AvgIpc) is 2.28. The summed E-state index contributed by atoms with van der Waals surface area (Å²) in [6.07, 6.45) is -1.60. The Morgan fingerprint density at radius 1 is 1.47 bits per heavy atom. The van der Waals surface area contributed by atoms with Gasteiger partial charge in [-0.15, -0.1) is 0 Å². The number of hydrogen-bond donors (Lipinski definition) is 2. The van der Waals surface area contributed by atoms with Crippen LogP contribution in [0, 0.1) is 4.91 Å². The summed E-state index contributed by atoms with van der Waals surface area (Å²) in [4.78, 5) is 36.5. The predicted octanol–water partition coefficient (Wildman–Crippen LogP) is 0.345. The summed E-state index contributed by atoms with van der Waals surface area (Å²) in [7, 11) is 0. The van der Waals surface area contributed by atoms with Crippen molar-refractivity contribution in [3.63, 3.8) is 0 Å². The van der Waals surface area contributed by atoms with Crippen LogP contribution in [0.2, 0.25) is 0 Å². The van der Waals surface area contributed by atoms with Gasteiger partial charge in [0.25, 0.3) is 0 Å². The fourth-order valence-corrected chi connectivity index (χ4v) is 1.46. The van der Waals surface area contributed by atoms with Gasteiger partial charge in [-0.25, -0.2) is 4.79 Å². The van der Waals surface area contributed by atoms with Gasteiger partial charge in [-0.2, -0.15) is 18.2 Å². The zero-order chi connectivity index (χ0) is 14.2. The zero-order valence-corrected chi connectivity index (χ0v) is 9.06. The fraction of sp³-hybridized carbons (Fsp3) is 0.222. The molecule has 0 saturated carbocycles. The molecule has 0 spiro atoms. The lowest BCUT2D eigenvalue weighted by atomic mass is 10.1. The highest BCUT2D eigenvalue weighted by molar-refractivity contribution is 6.13. The molecule has 0 bridgehead atoms. The van der Waals surface area contributed by atoms with Gasteiger partial charge in [0.1, 0.15) is 5.71 Å². The third kappa shape index (κ3) is 2.67. The smallest absolute Gasteiger partial charge is 0.338 e.